The van der Waals surface area contributed by atoms with E-state index in [0.717, 1.165) is 119 Å². The average molecular weight is 1110 g/mol. The van der Waals surface area contributed by atoms with E-state index < -0.39 is 50.0 Å². The van der Waals surface area contributed by atoms with Crippen molar-refractivity contribution in [2.75, 3.05) is 119 Å². The molecule has 0 amide bonds. The van der Waals surface area contributed by atoms with Gasteiger partial charge in [0.05, 0.1) is 25.2 Å². The molecule has 0 aliphatic rings. The van der Waals surface area contributed by atoms with Crippen LogP contribution in [-0.2, 0) is 53.6 Å². The van der Waals surface area contributed by atoms with Crippen molar-refractivity contribution in [3.05, 3.63) is 0 Å². The molecule has 0 saturated heterocycles. The van der Waals surface area contributed by atoms with Crippen LogP contribution in [0.25, 0.3) is 0 Å². The normalized spacial score (nSPS) is 10.5. The molecule has 0 bridgehead atoms. The van der Waals surface area contributed by atoms with Crippen molar-refractivity contribution in [1.82, 2.24) is 0 Å². The van der Waals surface area contributed by atoms with Gasteiger partial charge in [0.1, 0.15) is 119 Å². The molecule has 0 aliphatic heterocycles. The SMILES string of the molecule is CC[O+](CC)CC.CC[O+](CC)CC.CC[O+](CC)CC.CC[O+](CC)CC.CC[O+](CC)CC.CC[O+](CC)CC.O=[P+]([O-])F.O=[P+]([O-])F.O=[P+]([O-])F.O=[P+]([O-])F.O=[P+]([O-])F.O=[P+]([O-])F. The molecule has 0 radical (unpaired) electrons. The fraction of sp³-hybridized carbons (Fsp3) is 1.00. The Labute approximate surface area is 400 Å². The molecule has 0 saturated carbocycles. The minimum Gasteiger partial charge on any atom is -0.562 e. The molecule has 0 rings (SSSR count). The van der Waals surface area contributed by atoms with Crippen molar-refractivity contribution in [3.8, 4) is 0 Å². The van der Waals surface area contributed by atoms with Crippen molar-refractivity contribution in [2.45, 2.75) is 125 Å². The molecule has 408 valence electrons. The predicted molar refractivity (Wildman–Crippen MR) is 249 cm³/mol. The average Bonchev–Trinajstić information content (AvgIpc) is 3.22. The minimum absolute atomic E-state index is 1.10. The summed E-state index contributed by atoms with van der Waals surface area (Å²) in [6.07, 6.45) is 0. The van der Waals surface area contributed by atoms with Crippen LogP contribution in [0.4, 0.5) is 25.2 Å². The molecule has 0 spiro atoms. The lowest BCUT2D eigenvalue weighted by Crippen LogP contribution is -2.11. The summed E-state index contributed by atoms with van der Waals surface area (Å²) in [5, 5.41) is 0. The van der Waals surface area contributed by atoms with Crippen LogP contribution in [0.15, 0.2) is 0 Å². The monoisotopic (exact) mass is 1110 g/mol. The summed E-state index contributed by atoms with van der Waals surface area (Å²) in [6.45, 7) is 58.6. The van der Waals surface area contributed by atoms with Crippen LogP contribution >= 0.6 is 50.0 Å². The summed E-state index contributed by atoms with van der Waals surface area (Å²) in [5.41, 5.74) is 0. The number of halogens is 6. The number of hydrogen-bond acceptors (Lipinski definition) is 12. The smallest absolute Gasteiger partial charge is 0.540 e. The van der Waals surface area contributed by atoms with Gasteiger partial charge in [-0.3, -0.25) is 0 Å². The highest BCUT2D eigenvalue weighted by molar-refractivity contribution is 7.30. The van der Waals surface area contributed by atoms with E-state index in [0.29, 0.717) is 0 Å². The van der Waals surface area contributed by atoms with E-state index in [1.807, 2.05) is 0 Å². The highest BCUT2D eigenvalue weighted by atomic mass is 31.2. The van der Waals surface area contributed by atoms with E-state index >= 15 is 0 Å². The summed E-state index contributed by atoms with van der Waals surface area (Å²) in [5.74, 6) is 0. The van der Waals surface area contributed by atoms with Crippen molar-refractivity contribution >= 4 is 50.0 Å². The molecule has 18 nitrogen and oxygen atoms in total. The Kier molecular flexibility index (Phi) is 132. The van der Waals surface area contributed by atoms with Gasteiger partial charge in [-0.1, -0.05) is 0 Å². The summed E-state index contributed by atoms with van der Waals surface area (Å²) in [6, 6.07) is 0. The molecule has 30 heteroatoms. The second-order valence-electron chi connectivity index (χ2n) is 10.1. The van der Waals surface area contributed by atoms with Gasteiger partial charge in [0.25, 0.3) is 0 Å². The Morgan fingerprint density at radius 2 is 0.242 bits per heavy atom. The lowest BCUT2D eigenvalue weighted by atomic mass is 10.7. The largest absolute Gasteiger partial charge is 0.562 e. The van der Waals surface area contributed by atoms with Crippen LogP contribution in [-0.4, -0.2) is 119 Å². The van der Waals surface area contributed by atoms with Crippen LogP contribution < -0.4 is 29.4 Å². The quantitative estimate of drug-likeness (QED) is 0.0706. The summed E-state index contributed by atoms with van der Waals surface area (Å²) >= 11 is 0. The fourth-order valence-electron chi connectivity index (χ4n) is 3.67. The second-order valence-corrected chi connectivity index (χ2v) is 12.7. The summed E-state index contributed by atoms with van der Waals surface area (Å²) < 4.78 is 128. The van der Waals surface area contributed by atoms with Gasteiger partial charge in [-0.05, 0) is 27.4 Å². The maximum Gasteiger partial charge on any atom is 0.540 e. The highest BCUT2D eigenvalue weighted by Gasteiger charge is 1.97. The molecule has 66 heavy (non-hydrogen) atoms. The Hall–Kier alpha value is -0.300. The van der Waals surface area contributed by atoms with Gasteiger partial charge < -0.3 is 55.6 Å². The maximum atomic E-state index is 9.95. The highest BCUT2D eigenvalue weighted by Crippen LogP contribution is 2.05. The fourth-order valence-corrected chi connectivity index (χ4v) is 3.67. The zero-order valence-electron chi connectivity index (χ0n) is 43.0. The van der Waals surface area contributed by atoms with Gasteiger partial charge in [-0.2, -0.15) is 0 Å². The molecular formula is C36H90F6O18P6+6. The molecule has 0 aromatic rings. The first-order valence-electron chi connectivity index (χ1n) is 21.1. The molecule has 0 heterocycles. The third kappa shape index (κ3) is 196. The Morgan fingerprint density at radius 1 is 0.212 bits per heavy atom. The maximum absolute atomic E-state index is 9.95. The van der Waals surface area contributed by atoms with Gasteiger partial charge >= 0.3 is 50.0 Å². The molecule has 0 aromatic heterocycles. The third-order valence-electron chi connectivity index (χ3n) is 7.35. The van der Waals surface area contributed by atoms with E-state index in [-0.39, 0.29) is 0 Å². The van der Waals surface area contributed by atoms with E-state index in [1.165, 1.54) is 0 Å². The first kappa shape index (κ1) is 95.4. The van der Waals surface area contributed by atoms with Gasteiger partial charge in [0.2, 0.25) is 0 Å². The topological polar surface area (TPSA) is 257 Å². The van der Waals surface area contributed by atoms with E-state index in [4.69, 9.17) is 56.8 Å². The Bertz CT molecular complexity index is 704. The lowest BCUT2D eigenvalue weighted by molar-refractivity contribution is -0.175. The molecular weight excluding hydrogens is 1020 g/mol. The molecule has 6 atom stereocenters. The van der Waals surface area contributed by atoms with Crippen LogP contribution in [0.5, 0.6) is 0 Å². The molecule has 0 aromatic carbocycles. The van der Waals surface area contributed by atoms with E-state index in [1.54, 1.807) is 0 Å². The molecule has 0 fully saturated rings. The van der Waals surface area contributed by atoms with E-state index in [2.05, 4.69) is 151 Å². The molecule has 0 aliphatic carbocycles. The van der Waals surface area contributed by atoms with Crippen LogP contribution in [0.1, 0.15) is 125 Å². The van der Waals surface area contributed by atoms with Gasteiger partial charge in [0.15, 0.2) is 0 Å². The van der Waals surface area contributed by atoms with Crippen molar-refractivity contribution < 1.29 is 108 Å². The van der Waals surface area contributed by atoms with Gasteiger partial charge in [-0.25, -0.2) is 0 Å². The van der Waals surface area contributed by atoms with Gasteiger partial charge in [-0.15, -0.1) is 0 Å². The first-order valence-corrected chi connectivity index (χ1v) is 27.5. The van der Waals surface area contributed by atoms with Crippen molar-refractivity contribution in [3.63, 3.8) is 0 Å². The van der Waals surface area contributed by atoms with Crippen molar-refractivity contribution in [1.29, 1.82) is 0 Å². The molecule has 6 unspecified atom stereocenters. The third-order valence-corrected chi connectivity index (χ3v) is 7.35. The Balaban J connectivity index is -0.0000000486. The zero-order chi connectivity index (χ0) is 55.7. The standard InChI is InChI=1S/6C6H15O.6FO2P/c6*1-4-7(5-2)6-3;6*1-4(2)3/h6*4-6H2,1-3H3;;;;;;/q6*+1;;;;;;. The lowest BCUT2D eigenvalue weighted by Gasteiger charge is -2.11. The number of hydrogen-bond donors (Lipinski definition) is 0. The predicted octanol–water partition coefficient (Wildman–Crippen LogP) is 9.43. The summed E-state index contributed by atoms with van der Waals surface area (Å²) in [4.78, 5) is 50.2. The van der Waals surface area contributed by atoms with E-state index in [9.17, 15) is 25.2 Å². The van der Waals surface area contributed by atoms with Crippen LogP contribution in [0.2, 0.25) is 0 Å². The number of rotatable bonds is 18. The Morgan fingerprint density at radius 3 is 0.242 bits per heavy atom. The summed E-state index contributed by atoms with van der Waals surface area (Å²) in [7, 11) is -21.7. The van der Waals surface area contributed by atoms with Crippen LogP contribution in [0.3, 0.4) is 0 Å². The van der Waals surface area contributed by atoms with Crippen LogP contribution in [0, 0.1) is 0 Å². The zero-order valence-corrected chi connectivity index (χ0v) is 48.4. The molecule has 0 N–H and O–H groups in total. The second kappa shape index (κ2) is 91.0. The first-order chi connectivity index (χ1) is 30.5. The van der Waals surface area contributed by atoms with Crippen molar-refractivity contribution in [2.24, 2.45) is 0 Å². The minimum atomic E-state index is -3.62. The van der Waals surface area contributed by atoms with Gasteiger partial charge in [0, 0.05) is 125 Å².